The van der Waals surface area contributed by atoms with E-state index in [9.17, 15) is 5.11 Å². The highest BCUT2D eigenvalue weighted by molar-refractivity contribution is 4.83. The molecule has 0 radical (unpaired) electrons. The van der Waals surface area contributed by atoms with E-state index in [1.807, 2.05) is 20.8 Å². The molecule has 0 heterocycles. The van der Waals surface area contributed by atoms with Crippen LogP contribution in [0.5, 0.6) is 0 Å². The number of aliphatic hydroxyl groups excluding tert-OH is 1. The molecule has 0 aliphatic carbocycles. The second-order valence-corrected chi connectivity index (χ2v) is 5.30. The van der Waals surface area contributed by atoms with E-state index >= 15 is 0 Å². The number of hydrogen-bond donors (Lipinski definition) is 2. The molecule has 0 aromatic rings. The Morgan fingerprint density at radius 3 is 2.00 bits per heavy atom. The zero-order valence-corrected chi connectivity index (χ0v) is 13.0. The molecular formula is C14H32N2O3. The molecule has 19 heavy (non-hydrogen) atoms. The molecule has 0 bridgehead atoms. The summed E-state index contributed by atoms with van der Waals surface area (Å²) in [6.45, 7) is 12.6. The summed E-state index contributed by atoms with van der Waals surface area (Å²) in [5.41, 5.74) is 5.49. The summed E-state index contributed by atoms with van der Waals surface area (Å²) in [6.07, 6.45) is 0.752. The molecule has 0 saturated carbocycles. The molecule has 2 unspecified atom stereocenters. The second-order valence-electron chi connectivity index (χ2n) is 5.30. The molecule has 0 fully saturated rings. The van der Waals surface area contributed by atoms with Crippen molar-refractivity contribution in [1.82, 2.24) is 4.90 Å². The molecule has 2 atom stereocenters. The minimum Gasteiger partial charge on any atom is -0.394 e. The number of hydrogen-bond acceptors (Lipinski definition) is 5. The molecule has 0 aromatic heterocycles. The topological polar surface area (TPSA) is 68.0 Å². The lowest BCUT2D eigenvalue weighted by Gasteiger charge is -2.34. The van der Waals surface area contributed by atoms with Crippen molar-refractivity contribution in [3.63, 3.8) is 0 Å². The van der Waals surface area contributed by atoms with E-state index in [1.54, 1.807) is 0 Å². The van der Waals surface area contributed by atoms with Crippen LogP contribution in [0.1, 0.15) is 34.1 Å². The first-order chi connectivity index (χ1) is 8.96. The minimum atomic E-state index is -0.533. The van der Waals surface area contributed by atoms with E-state index in [0.29, 0.717) is 19.3 Å². The lowest BCUT2D eigenvalue weighted by Crippen LogP contribution is -2.48. The summed E-state index contributed by atoms with van der Waals surface area (Å²) in [4.78, 5) is 2.31. The summed E-state index contributed by atoms with van der Waals surface area (Å²) in [5.74, 6) is 0. The third kappa shape index (κ3) is 9.35. The molecule has 116 valence electrons. The Morgan fingerprint density at radius 1 is 1.16 bits per heavy atom. The predicted octanol–water partition coefficient (Wildman–Crippen LogP) is 0.850. The Morgan fingerprint density at radius 2 is 1.63 bits per heavy atom. The highest BCUT2D eigenvalue weighted by atomic mass is 16.5. The number of nitrogens with zero attached hydrogens (tertiary/aromatic N) is 1. The van der Waals surface area contributed by atoms with Gasteiger partial charge in [0.1, 0.15) is 0 Å². The molecule has 3 N–H and O–H groups in total. The highest BCUT2D eigenvalue weighted by Gasteiger charge is 2.24. The Hall–Kier alpha value is -0.200. The van der Waals surface area contributed by atoms with E-state index in [4.69, 9.17) is 15.2 Å². The number of aliphatic hydroxyl groups is 1. The summed E-state index contributed by atoms with van der Waals surface area (Å²) in [7, 11) is 0. The van der Waals surface area contributed by atoms with Crippen LogP contribution in [-0.2, 0) is 9.47 Å². The first kappa shape index (κ1) is 18.8. The Kier molecular flexibility index (Phi) is 10.5. The SMILES string of the molecule is CCOCCN(CCOCC)C(C)CC(C)(N)CO. The quantitative estimate of drug-likeness (QED) is 0.517. The second kappa shape index (κ2) is 10.6. The van der Waals surface area contributed by atoms with Crippen LogP contribution < -0.4 is 5.73 Å². The summed E-state index contributed by atoms with van der Waals surface area (Å²) < 4.78 is 10.8. The van der Waals surface area contributed by atoms with Crippen LogP contribution in [0.2, 0.25) is 0 Å². The van der Waals surface area contributed by atoms with Crippen LogP contribution in [0.3, 0.4) is 0 Å². The van der Waals surface area contributed by atoms with Crippen molar-refractivity contribution >= 4 is 0 Å². The van der Waals surface area contributed by atoms with Crippen molar-refractivity contribution < 1.29 is 14.6 Å². The van der Waals surface area contributed by atoms with Gasteiger partial charge in [0.2, 0.25) is 0 Å². The van der Waals surface area contributed by atoms with Gasteiger partial charge in [-0.15, -0.1) is 0 Å². The van der Waals surface area contributed by atoms with Crippen LogP contribution in [0.4, 0.5) is 0 Å². The molecule has 0 saturated heterocycles. The molecule has 5 nitrogen and oxygen atoms in total. The minimum absolute atomic E-state index is 0.00208. The summed E-state index contributed by atoms with van der Waals surface area (Å²) in [5, 5.41) is 9.26. The molecule has 0 rings (SSSR count). The van der Waals surface area contributed by atoms with Crippen molar-refractivity contribution in [2.45, 2.75) is 45.7 Å². The maximum Gasteiger partial charge on any atom is 0.0609 e. The fourth-order valence-corrected chi connectivity index (χ4v) is 2.07. The fraction of sp³-hybridized carbons (Fsp3) is 1.00. The van der Waals surface area contributed by atoms with Gasteiger partial charge < -0.3 is 20.3 Å². The van der Waals surface area contributed by atoms with E-state index < -0.39 is 5.54 Å². The van der Waals surface area contributed by atoms with E-state index in [-0.39, 0.29) is 6.61 Å². The molecular weight excluding hydrogens is 244 g/mol. The molecule has 5 heteroatoms. The maximum atomic E-state index is 9.26. The van der Waals surface area contributed by atoms with E-state index in [2.05, 4.69) is 11.8 Å². The first-order valence-electron chi connectivity index (χ1n) is 7.26. The Bertz CT molecular complexity index is 203. The van der Waals surface area contributed by atoms with Crippen molar-refractivity contribution in [3.8, 4) is 0 Å². The molecule has 0 aliphatic heterocycles. The van der Waals surface area contributed by atoms with Crippen molar-refractivity contribution in [3.05, 3.63) is 0 Å². The lowest BCUT2D eigenvalue weighted by atomic mass is 9.95. The zero-order chi connectivity index (χ0) is 14.7. The van der Waals surface area contributed by atoms with Gasteiger partial charge in [-0.3, -0.25) is 4.90 Å². The first-order valence-corrected chi connectivity index (χ1v) is 7.26. The van der Waals surface area contributed by atoms with E-state index in [0.717, 1.165) is 32.7 Å². The van der Waals surface area contributed by atoms with Gasteiger partial charge in [0.15, 0.2) is 0 Å². The maximum absolute atomic E-state index is 9.26. The fourth-order valence-electron chi connectivity index (χ4n) is 2.07. The number of ether oxygens (including phenoxy) is 2. The largest absolute Gasteiger partial charge is 0.394 e. The monoisotopic (exact) mass is 276 g/mol. The van der Waals surface area contributed by atoms with Crippen molar-refractivity contribution in [2.24, 2.45) is 5.73 Å². The van der Waals surface area contributed by atoms with Crippen molar-refractivity contribution in [1.29, 1.82) is 0 Å². The smallest absolute Gasteiger partial charge is 0.0609 e. The third-order valence-electron chi connectivity index (χ3n) is 3.20. The molecule has 0 aromatic carbocycles. The number of nitrogens with two attached hydrogens (primary N) is 1. The van der Waals surface area contributed by atoms with Crippen LogP contribution in [0.15, 0.2) is 0 Å². The zero-order valence-electron chi connectivity index (χ0n) is 13.0. The van der Waals surface area contributed by atoms with Gasteiger partial charge in [-0.25, -0.2) is 0 Å². The molecule has 0 spiro atoms. The Balaban J connectivity index is 4.26. The van der Waals surface area contributed by atoms with Gasteiger partial charge >= 0.3 is 0 Å². The van der Waals surface area contributed by atoms with E-state index in [1.165, 1.54) is 0 Å². The van der Waals surface area contributed by atoms with Crippen LogP contribution in [0.25, 0.3) is 0 Å². The predicted molar refractivity (Wildman–Crippen MR) is 78.3 cm³/mol. The van der Waals surface area contributed by atoms with Crippen LogP contribution in [-0.4, -0.2) is 67.7 Å². The average molecular weight is 276 g/mol. The van der Waals surface area contributed by atoms with Crippen LogP contribution >= 0.6 is 0 Å². The van der Waals surface area contributed by atoms with Gasteiger partial charge in [0.05, 0.1) is 19.8 Å². The third-order valence-corrected chi connectivity index (χ3v) is 3.20. The average Bonchev–Trinajstić information content (AvgIpc) is 2.36. The van der Waals surface area contributed by atoms with Gasteiger partial charge in [-0.1, -0.05) is 0 Å². The normalized spacial score (nSPS) is 16.6. The lowest BCUT2D eigenvalue weighted by molar-refractivity contribution is 0.0553. The summed E-state index contributed by atoms with van der Waals surface area (Å²) in [6, 6.07) is 0.295. The molecule has 0 amide bonds. The van der Waals surface area contributed by atoms with Crippen LogP contribution in [0, 0.1) is 0 Å². The standard InChI is InChI=1S/C14H32N2O3/c1-5-18-9-7-16(8-10-19-6-2)13(3)11-14(4,15)12-17/h13,17H,5-12,15H2,1-4H3. The van der Waals surface area contributed by atoms with Gasteiger partial charge in [-0.05, 0) is 34.1 Å². The Labute approximate surface area is 118 Å². The highest BCUT2D eigenvalue weighted by Crippen LogP contribution is 2.13. The number of rotatable bonds is 12. The van der Waals surface area contributed by atoms with Gasteiger partial charge in [-0.2, -0.15) is 0 Å². The van der Waals surface area contributed by atoms with Crippen molar-refractivity contribution in [2.75, 3.05) is 46.1 Å². The summed E-state index contributed by atoms with van der Waals surface area (Å²) >= 11 is 0. The van der Waals surface area contributed by atoms with Gasteiger partial charge in [0.25, 0.3) is 0 Å². The molecule has 0 aliphatic rings. The van der Waals surface area contributed by atoms with Gasteiger partial charge in [0, 0.05) is 37.9 Å².